The molecule has 0 saturated carbocycles. The Morgan fingerprint density at radius 1 is 1.10 bits per heavy atom. The van der Waals surface area contributed by atoms with E-state index in [2.05, 4.69) is 10.3 Å². The van der Waals surface area contributed by atoms with Crippen molar-refractivity contribution in [3.05, 3.63) is 65.9 Å². The third-order valence-corrected chi connectivity index (χ3v) is 5.99. The highest BCUT2D eigenvalue weighted by Gasteiger charge is 2.27. The molecule has 0 aliphatic carbocycles. The van der Waals surface area contributed by atoms with Crippen molar-refractivity contribution in [1.29, 1.82) is 0 Å². The average Bonchev–Trinajstić information content (AvgIpc) is 2.91. The molecule has 0 radical (unpaired) electrons. The van der Waals surface area contributed by atoms with Crippen molar-refractivity contribution >= 4 is 35.0 Å². The summed E-state index contributed by atoms with van der Waals surface area (Å²) >= 11 is 1.38. The highest BCUT2D eigenvalue weighted by molar-refractivity contribution is 7.99. The van der Waals surface area contributed by atoms with Gasteiger partial charge in [-0.1, -0.05) is 11.8 Å². The minimum Gasteiger partial charge on any atom is -0.493 e. The third-order valence-electron chi connectivity index (χ3n) is 4.92. The zero-order valence-electron chi connectivity index (χ0n) is 17.3. The summed E-state index contributed by atoms with van der Waals surface area (Å²) in [5.41, 5.74) is 2.38. The van der Waals surface area contributed by atoms with Gasteiger partial charge >= 0.3 is 0 Å². The minimum atomic E-state index is -0.268. The van der Waals surface area contributed by atoms with E-state index in [0.717, 1.165) is 10.6 Å². The van der Waals surface area contributed by atoms with Crippen LogP contribution in [0.4, 0.5) is 11.4 Å². The second kappa shape index (κ2) is 8.69. The van der Waals surface area contributed by atoms with Gasteiger partial charge in [0.25, 0.3) is 11.8 Å². The molecule has 31 heavy (non-hydrogen) atoms. The van der Waals surface area contributed by atoms with Gasteiger partial charge in [0.05, 0.1) is 25.5 Å². The number of anilines is 2. The van der Waals surface area contributed by atoms with Gasteiger partial charge < -0.3 is 19.7 Å². The van der Waals surface area contributed by atoms with Crippen molar-refractivity contribution in [1.82, 2.24) is 4.98 Å². The molecule has 2 heterocycles. The van der Waals surface area contributed by atoms with E-state index < -0.39 is 0 Å². The Morgan fingerprint density at radius 2 is 1.90 bits per heavy atom. The van der Waals surface area contributed by atoms with Gasteiger partial charge in [-0.15, -0.1) is 0 Å². The second-order valence-electron chi connectivity index (χ2n) is 6.71. The number of fused-ring (bicyclic) bond motifs is 2. The van der Waals surface area contributed by atoms with Gasteiger partial charge in [-0.05, 0) is 49.4 Å². The van der Waals surface area contributed by atoms with Gasteiger partial charge in [-0.25, -0.2) is 4.98 Å². The molecule has 1 aromatic heterocycles. The maximum Gasteiger partial charge on any atom is 0.261 e. The van der Waals surface area contributed by atoms with Crippen LogP contribution in [0.5, 0.6) is 11.5 Å². The predicted molar refractivity (Wildman–Crippen MR) is 120 cm³/mol. The van der Waals surface area contributed by atoms with Crippen LogP contribution in [0.25, 0.3) is 0 Å². The van der Waals surface area contributed by atoms with Gasteiger partial charge in [-0.2, -0.15) is 0 Å². The Hall–Kier alpha value is -3.52. The maximum atomic E-state index is 13.0. The van der Waals surface area contributed by atoms with E-state index in [0.29, 0.717) is 39.9 Å². The van der Waals surface area contributed by atoms with Crippen molar-refractivity contribution in [2.75, 3.05) is 31.0 Å². The molecule has 1 aliphatic rings. The second-order valence-corrected chi connectivity index (χ2v) is 7.74. The van der Waals surface area contributed by atoms with E-state index in [1.807, 2.05) is 6.92 Å². The summed E-state index contributed by atoms with van der Waals surface area (Å²) in [5, 5.41) is 3.51. The molecular formula is C23H21N3O4S. The van der Waals surface area contributed by atoms with Crippen molar-refractivity contribution in [2.45, 2.75) is 16.8 Å². The van der Waals surface area contributed by atoms with Crippen LogP contribution in [0.1, 0.15) is 27.6 Å². The SMILES string of the molecule is CCN1C(=O)c2cccnc2Sc2cc(C(=O)Nc3ccc(OC)c(OC)c3)ccc21. The van der Waals surface area contributed by atoms with Gasteiger partial charge in [0.15, 0.2) is 11.5 Å². The Bertz CT molecular complexity index is 1170. The van der Waals surface area contributed by atoms with E-state index in [1.165, 1.54) is 11.8 Å². The number of carbonyl (C=O) groups excluding carboxylic acids is 2. The Kier molecular flexibility index (Phi) is 5.81. The number of carbonyl (C=O) groups is 2. The highest BCUT2D eigenvalue weighted by atomic mass is 32.2. The van der Waals surface area contributed by atoms with Gasteiger partial charge in [0, 0.05) is 35.0 Å². The fourth-order valence-corrected chi connectivity index (χ4v) is 4.44. The molecule has 8 heteroatoms. The van der Waals surface area contributed by atoms with Gasteiger partial charge in [0.1, 0.15) is 5.03 Å². The lowest BCUT2D eigenvalue weighted by Crippen LogP contribution is -2.30. The number of hydrogen-bond donors (Lipinski definition) is 1. The van der Waals surface area contributed by atoms with Crippen LogP contribution in [0, 0.1) is 0 Å². The topological polar surface area (TPSA) is 80.8 Å². The van der Waals surface area contributed by atoms with E-state index in [9.17, 15) is 9.59 Å². The molecule has 2 aromatic carbocycles. The largest absolute Gasteiger partial charge is 0.493 e. The quantitative estimate of drug-likeness (QED) is 0.636. The number of rotatable bonds is 5. The van der Waals surface area contributed by atoms with Crippen LogP contribution in [-0.4, -0.2) is 37.6 Å². The number of nitrogens with one attached hydrogen (secondary N) is 1. The third kappa shape index (κ3) is 3.94. The van der Waals surface area contributed by atoms with E-state index in [-0.39, 0.29) is 11.8 Å². The molecule has 4 rings (SSSR count). The van der Waals surface area contributed by atoms with Gasteiger partial charge in [0.2, 0.25) is 0 Å². The first-order valence-corrected chi connectivity index (χ1v) is 10.5. The first-order valence-electron chi connectivity index (χ1n) is 9.68. The minimum absolute atomic E-state index is 0.0978. The molecule has 1 N–H and O–H groups in total. The van der Waals surface area contributed by atoms with Crippen LogP contribution in [0.15, 0.2) is 64.6 Å². The summed E-state index contributed by atoms with van der Waals surface area (Å²) in [7, 11) is 3.10. The van der Waals surface area contributed by atoms with Crippen molar-refractivity contribution in [3.8, 4) is 11.5 Å². The fourth-order valence-electron chi connectivity index (χ4n) is 3.39. The molecule has 1 aliphatic heterocycles. The van der Waals surface area contributed by atoms with Crippen molar-refractivity contribution in [3.63, 3.8) is 0 Å². The molecule has 2 amide bonds. The van der Waals surface area contributed by atoms with Crippen LogP contribution in [0.3, 0.4) is 0 Å². The van der Waals surface area contributed by atoms with Crippen LogP contribution in [0.2, 0.25) is 0 Å². The molecule has 3 aromatic rings. The standard InChI is InChI=1S/C23H21N3O4S/c1-4-26-17-9-7-14(12-20(17)31-22-16(23(26)28)6-5-11-24-22)21(27)25-15-8-10-18(29-2)19(13-15)30-3/h5-13H,4H2,1-3H3,(H,25,27). The first kappa shape index (κ1) is 20.7. The van der Waals surface area contributed by atoms with Crippen molar-refractivity contribution in [2.24, 2.45) is 0 Å². The Morgan fingerprint density at radius 3 is 2.65 bits per heavy atom. The molecule has 0 saturated heterocycles. The van der Waals surface area contributed by atoms with E-state index in [4.69, 9.17) is 9.47 Å². The molecule has 0 bridgehead atoms. The molecule has 158 valence electrons. The summed E-state index contributed by atoms with van der Waals surface area (Å²) in [6.07, 6.45) is 1.66. The normalized spacial score (nSPS) is 12.5. The number of benzene rings is 2. The van der Waals surface area contributed by atoms with E-state index >= 15 is 0 Å². The molecule has 7 nitrogen and oxygen atoms in total. The summed E-state index contributed by atoms with van der Waals surface area (Å²) in [6, 6.07) is 14.0. The van der Waals surface area contributed by atoms with Gasteiger partial charge in [-0.3, -0.25) is 9.59 Å². The first-order chi connectivity index (χ1) is 15.0. The maximum absolute atomic E-state index is 13.0. The lowest BCUT2D eigenvalue weighted by molar-refractivity contribution is 0.0984. The molecule has 0 unspecified atom stereocenters. The number of pyridine rings is 1. The smallest absolute Gasteiger partial charge is 0.261 e. The lowest BCUT2D eigenvalue weighted by Gasteiger charge is -2.21. The summed E-state index contributed by atoms with van der Waals surface area (Å²) in [5.74, 6) is 0.741. The summed E-state index contributed by atoms with van der Waals surface area (Å²) in [4.78, 5) is 32.7. The van der Waals surface area contributed by atoms with Crippen LogP contribution >= 0.6 is 11.8 Å². The van der Waals surface area contributed by atoms with Crippen molar-refractivity contribution < 1.29 is 19.1 Å². The fraction of sp³-hybridized carbons (Fsp3) is 0.174. The number of amides is 2. The lowest BCUT2D eigenvalue weighted by atomic mass is 10.1. The molecule has 0 atom stereocenters. The number of aromatic nitrogens is 1. The van der Waals surface area contributed by atoms with E-state index in [1.54, 1.807) is 73.8 Å². The monoisotopic (exact) mass is 435 g/mol. The number of nitrogens with zero attached hydrogens (tertiary/aromatic N) is 2. The Labute approximate surface area is 184 Å². The zero-order valence-corrected chi connectivity index (χ0v) is 18.2. The Balaban J connectivity index is 1.66. The summed E-state index contributed by atoms with van der Waals surface area (Å²) in [6.45, 7) is 2.43. The average molecular weight is 436 g/mol. The van der Waals surface area contributed by atoms with Crippen LogP contribution < -0.4 is 19.7 Å². The summed E-state index contributed by atoms with van der Waals surface area (Å²) < 4.78 is 10.5. The molecule has 0 spiro atoms. The molecular weight excluding hydrogens is 414 g/mol. The predicted octanol–water partition coefficient (Wildman–Crippen LogP) is 4.48. The van der Waals surface area contributed by atoms with Crippen LogP contribution in [-0.2, 0) is 0 Å². The number of methoxy groups -OCH3 is 2. The number of hydrogen-bond acceptors (Lipinski definition) is 6. The number of ether oxygens (including phenoxy) is 2. The zero-order chi connectivity index (χ0) is 22.0. The highest BCUT2D eigenvalue weighted by Crippen LogP contribution is 2.40. The molecule has 0 fully saturated rings.